The molecule has 0 saturated carbocycles. The molecule has 2 aliphatic rings. The lowest BCUT2D eigenvalue weighted by atomic mass is 10.2. The van der Waals surface area contributed by atoms with Gasteiger partial charge in [0, 0.05) is 47.8 Å². The van der Waals surface area contributed by atoms with Crippen molar-refractivity contribution in [2.75, 3.05) is 32.8 Å². The highest BCUT2D eigenvalue weighted by Crippen LogP contribution is 2.31. The van der Waals surface area contributed by atoms with E-state index in [1.165, 1.54) is 0 Å². The van der Waals surface area contributed by atoms with Crippen molar-refractivity contribution >= 4 is 38.6 Å². The summed E-state index contributed by atoms with van der Waals surface area (Å²) in [7, 11) is 0. The molecule has 2 aliphatic heterocycles. The van der Waals surface area contributed by atoms with Crippen molar-refractivity contribution in [3.63, 3.8) is 0 Å². The first kappa shape index (κ1) is 19.9. The van der Waals surface area contributed by atoms with Crippen molar-refractivity contribution in [3.8, 4) is 11.5 Å². The summed E-state index contributed by atoms with van der Waals surface area (Å²) in [5, 5.41) is 1.09. The fourth-order valence-corrected chi connectivity index (χ4v) is 4.58. The molecule has 2 amide bonds. The maximum atomic E-state index is 12.9. The molecule has 2 aromatic carbocycles. The van der Waals surface area contributed by atoms with Crippen LogP contribution in [0.1, 0.15) is 0 Å². The van der Waals surface area contributed by atoms with Crippen LogP contribution in [0.3, 0.4) is 0 Å². The zero-order valence-electron chi connectivity index (χ0n) is 16.9. The quantitative estimate of drug-likeness (QED) is 0.574. The molecule has 5 rings (SSSR count). The van der Waals surface area contributed by atoms with Crippen LogP contribution in [0.2, 0.25) is 0 Å². The van der Waals surface area contributed by atoms with E-state index in [-0.39, 0.29) is 25.0 Å². The van der Waals surface area contributed by atoms with Crippen LogP contribution in [0.5, 0.6) is 11.5 Å². The van der Waals surface area contributed by atoms with Crippen LogP contribution in [0.15, 0.2) is 59.2 Å². The van der Waals surface area contributed by atoms with Gasteiger partial charge in [-0.25, -0.2) is 0 Å². The van der Waals surface area contributed by atoms with Crippen LogP contribution < -0.4 is 9.47 Å². The third-order valence-electron chi connectivity index (χ3n) is 5.79. The third kappa shape index (κ3) is 3.87. The first-order valence-electron chi connectivity index (χ1n) is 10.3. The Morgan fingerprint density at radius 3 is 2.48 bits per heavy atom. The fraction of sp³-hybridized carbons (Fsp3) is 0.304. The zero-order valence-corrected chi connectivity index (χ0v) is 18.5. The molecule has 1 unspecified atom stereocenters. The van der Waals surface area contributed by atoms with Crippen LogP contribution >= 0.6 is 15.9 Å². The van der Waals surface area contributed by atoms with Crippen LogP contribution in [0.25, 0.3) is 10.9 Å². The van der Waals surface area contributed by atoms with E-state index in [9.17, 15) is 9.59 Å². The fourth-order valence-electron chi connectivity index (χ4n) is 4.09. The van der Waals surface area contributed by atoms with Crippen LogP contribution in [-0.4, -0.2) is 65.1 Å². The minimum Gasteiger partial charge on any atom is -0.485 e. The molecule has 3 heterocycles. The Kier molecular flexibility index (Phi) is 5.31. The van der Waals surface area contributed by atoms with Gasteiger partial charge in [-0.3, -0.25) is 9.59 Å². The van der Waals surface area contributed by atoms with Gasteiger partial charge in [0.2, 0.25) is 12.0 Å². The number of rotatable bonds is 3. The number of benzene rings is 2. The second kappa shape index (κ2) is 8.26. The van der Waals surface area contributed by atoms with Gasteiger partial charge in [0.1, 0.15) is 13.2 Å². The number of halogens is 1. The third-order valence-corrected chi connectivity index (χ3v) is 6.49. The summed E-state index contributed by atoms with van der Waals surface area (Å²) in [6.45, 7) is 2.49. The lowest BCUT2D eigenvalue weighted by Gasteiger charge is -2.37. The molecule has 0 spiro atoms. The second-order valence-corrected chi connectivity index (χ2v) is 8.54. The number of piperazine rings is 1. The maximum Gasteiger partial charge on any atom is 0.267 e. The molecule has 1 saturated heterocycles. The van der Waals surface area contributed by atoms with E-state index >= 15 is 0 Å². The number of hydrogen-bond donors (Lipinski definition) is 0. The number of hydrogen-bond acceptors (Lipinski definition) is 4. The highest BCUT2D eigenvalue weighted by Gasteiger charge is 2.33. The Bertz CT molecular complexity index is 1140. The second-order valence-electron chi connectivity index (χ2n) is 7.69. The predicted molar refractivity (Wildman–Crippen MR) is 119 cm³/mol. The highest BCUT2D eigenvalue weighted by atomic mass is 79.9. The van der Waals surface area contributed by atoms with Gasteiger partial charge in [-0.1, -0.05) is 34.1 Å². The number of amides is 2. The van der Waals surface area contributed by atoms with Crippen molar-refractivity contribution in [2.45, 2.75) is 12.6 Å². The molecule has 1 atom stereocenters. The minimum atomic E-state index is -0.651. The molecule has 0 radical (unpaired) electrons. The van der Waals surface area contributed by atoms with Crippen molar-refractivity contribution < 1.29 is 19.1 Å². The van der Waals surface area contributed by atoms with E-state index in [2.05, 4.69) is 15.9 Å². The highest BCUT2D eigenvalue weighted by molar-refractivity contribution is 9.10. The Morgan fingerprint density at radius 2 is 1.68 bits per heavy atom. The summed E-state index contributed by atoms with van der Waals surface area (Å²) in [6, 6.07) is 15.3. The molecule has 0 N–H and O–H groups in total. The molecule has 1 fully saturated rings. The van der Waals surface area contributed by atoms with Gasteiger partial charge in [-0.15, -0.1) is 0 Å². The average molecular weight is 484 g/mol. The molecular formula is C23H22BrN3O4. The molecule has 3 aromatic rings. The standard InChI is InChI=1S/C23H22BrN3O4/c24-17-4-3-5-18-16(17)8-9-27(18)14-22(28)25-10-12-26(13-11-25)23(29)21-15-30-19-6-1-2-7-20(19)31-21/h1-9,21H,10-15H2. The smallest absolute Gasteiger partial charge is 0.267 e. The van der Waals surface area contributed by atoms with E-state index in [0.29, 0.717) is 37.7 Å². The van der Waals surface area contributed by atoms with Crippen molar-refractivity contribution in [2.24, 2.45) is 0 Å². The number of carbonyl (C=O) groups excluding carboxylic acids is 2. The van der Waals surface area contributed by atoms with Gasteiger partial charge in [0.25, 0.3) is 5.91 Å². The molecule has 0 bridgehead atoms. The molecule has 160 valence electrons. The molecular weight excluding hydrogens is 462 g/mol. The summed E-state index contributed by atoms with van der Waals surface area (Å²) < 4.78 is 14.5. The van der Waals surface area contributed by atoms with E-state index < -0.39 is 6.10 Å². The largest absolute Gasteiger partial charge is 0.485 e. The summed E-state index contributed by atoms with van der Waals surface area (Å²) >= 11 is 3.55. The predicted octanol–water partition coefficient (Wildman–Crippen LogP) is 2.91. The van der Waals surface area contributed by atoms with Crippen LogP contribution in [-0.2, 0) is 16.1 Å². The molecule has 1 aromatic heterocycles. The van der Waals surface area contributed by atoms with Gasteiger partial charge >= 0.3 is 0 Å². The van der Waals surface area contributed by atoms with Crippen molar-refractivity contribution in [1.82, 2.24) is 14.4 Å². The summed E-state index contributed by atoms with van der Waals surface area (Å²) in [5.41, 5.74) is 1.02. The monoisotopic (exact) mass is 483 g/mol. The zero-order chi connectivity index (χ0) is 21.4. The number of nitrogens with zero attached hydrogens (tertiary/aromatic N) is 3. The van der Waals surface area contributed by atoms with Gasteiger partial charge < -0.3 is 23.8 Å². The van der Waals surface area contributed by atoms with Crippen molar-refractivity contribution in [1.29, 1.82) is 0 Å². The Morgan fingerprint density at radius 1 is 0.935 bits per heavy atom. The maximum absolute atomic E-state index is 12.9. The Balaban J connectivity index is 1.18. The minimum absolute atomic E-state index is 0.0516. The number of ether oxygens (including phenoxy) is 2. The van der Waals surface area contributed by atoms with Crippen LogP contribution in [0.4, 0.5) is 0 Å². The normalized spacial score (nSPS) is 18.3. The first-order chi connectivity index (χ1) is 15.1. The Labute approximate surface area is 188 Å². The molecule has 7 nitrogen and oxygen atoms in total. The summed E-state index contributed by atoms with van der Waals surface area (Å²) in [6.07, 6.45) is 1.28. The van der Waals surface area contributed by atoms with E-state index in [0.717, 1.165) is 15.4 Å². The summed E-state index contributed by atoms with van der Waals surface area (Å²) in [4.78, 5) is 29.3. The van der Waals surface area contributed by atoms with E-state index in [4.69, 9.17) is 9.47 Å². The SMILES string of the molecule is O=C(Cn1ccc2c(Br)cccc21)N1CCN(C(=O)C2COc3ccccc3O2)CC1. The van der Waals surface area contributed by atoms with E-state index in [1.807, 2.05) is 58.1 Å². The van der Waals surface area contributed by atoms with Gasteiger partial charge in [0.15, 0.2) is 11.5 Å². The summed E-state index contributed by atoms with van der Waals surface area (Å²) in [5.74, 6) is 1.21. The topological polar surface area (TPSA) is 64.0 Å². The molecule has 8 heteroatoms. The molecule has 31 heavy (non-hydrogen) atoms. The average Bonchev–Trinajstić information content (AvgIpc) is 3.22. The Hall–Kier alpha value is -3.00. The first-order valence-corrected chi connectivity index (χ1v) is 11.1. The van der Waals surface area contributed by atoms with Crippen LogP contribution in [0, 0.1) is 0 Å². The van der Waals surface area contributed by atoms with Gasteiger partial charge in [0.05, 0.1) is 0 Å². The van der Waals surface area contributed by atoms with Gasteiger partial charge in [-0.05, 0) is 30.3 Å². The van der Waals surface area contributed by atoms with Gasteiger partial charge in [-0.2, -0.15) is 0 Å². The number of aromatic nitrogens is 1. The lowest BCUT2D eigenvalue weighted by molar-refractivity contribution is -0.146. The van der Waals surface area contributed by atoms with E-state index in [1.54, 1.807) is 11.0 Å². The molecule has 0 aliphatic carbocycles. The lowest BCUT2D eigenvalue weighted by Crippen LogP contribution is -2.55. The number of fused-ring (bicyclic) bond motifs is 2. The number of carbonyl (C=O) groups is 2. The number of para-hydroxylation sites is 2. The van der Waals surface area contributed by atoms with Crippen molar-refractivity contribution in [3.05, 3.63) is 59.2 Å².